The van der Waals surface area contributed by atoms with Crippen molar-refractivity contribution in [2.24, 2.45) is 4.99 Å². The number of hydrogen-bond acceptors (Lipinski definition) is 3. The van der Waals surface area contributed by atoms with Crippen molar-refractivity contribution in [2.75, 3.05) is 6.26 Å². The summed E-state index contributed by atoms with van der Waals surface area (Å²) in [4.78, 5) is 4.53. The Morgan fingerprint density at radius 2 is 1.95 bits per heavy atom. The Morgan fingerprint density at radius 1 is 1.25 bits per heavy atom. The van der Waals surface area contributed by atoms with Crippen LogP contribution in [0.5, 0.6) is 0 Å². The molecule has 0 fully saturated rings. The molecule has 4 nitrogen and oxygen atoms in total. The summed E-state index contributed by atoms with van der Waals surface area (Å²) in [6, 6.07) is 7.65. The predicted octanol–water partition coefficient (Wildman–Crippen LogP) is 2.63. The first kappa shape index (κ1) is 14.3. The summed E-state index contributed by atoms with van der Waals surface area (Å²) in [5, 5.41) is 0. The van der Waals surface area contributed by atoms with Crippen LogP contribution in [0.2, 0.25) is 0 Å². The molecule has 5 heteroatoms. The van der Waals surface area contributed by atoms with E-state index in [1.165, 1.54) is 0 Å². The highest BCUT2D eigenvalue weighted by Gasteiger charge is 2.16. The molecule has 0 bridgehead atoms. The number of allylic oxidation sites excluding steroid dienone is 4. The van der Waals surface area contributed by atoms with Crippen LogP contribution in [-0.4, -0.2) is 20.4 Å². The fourth-order valence-electron chi connectivity index (χ4n) is 1.81. The molecule has 1 N–H and O–H groups in total. The normalized spacial score (nSPS) is 17.2. The number of nitrogens with zero attached hydrogens (tertiary/aromatic N) is 1. The van der Waals surface area contributed by atoms with E-state index in [4.69, 9.17) is 0 Å². The van der Waals surface area contributed by atoms with Gasteiger partial charge in [0.15, 0.2) is 0 Å². The van der Waals surface area contributed by atoms with Crippen molar-refractivity contribution >= 4 is 21.4 Å². The molecule has 0 radical (unpaired) electrons. The Kier molecular flexibility index (Phi) is 3.90. The number of nitrogens with one attached hydrogen (secondary N) is 1. The van der Waals surface area contributed by atoms with E-state index in [2.05, 4.69) is 16.3 Å². The molecule has 20 heavy (non-hydrogen) atoms. The molecule has 0 atom stereocenters. The number of aryl methyl sites for hydroxylation is 1. The van der Waals surface area contributed by atoms with E-state index < -0.39 is 10.0 Å². The van der Waals surface area contributed by atoms with Crippen molar-refractivity contribution in [1.82, 2.24) is 4.72 Å². The number of benzene rings is 1. The van der Waals surface area contributed by atoms with Gasteiger partial charge < -0.3 is 0 Å². The highest BCUT2D eigenvalue weighted by atomic mass is 32.2. The fourth-order valence-corrected chi connectivity index (χ4v) is 2.38. The SMILES string of the molecule is C=C1C=CC=C(NS(C)(=O)=O)/C1=N/c1ccccc1C. The Morgan fingerprint density at radius 3 is 2.60 bits per heavy atom. The quantitative estimate of drug-likeness (QED) is 0.929. The van der Waals surface area contributed by atoms with E-state index in [1.807, 2.05) is 31.2 Å². The highest BCUT2D eigenvalue weighted by Crippen LogP contribution is 2.22. The van der Waals surface area contributed by atoms with Gasteiger partial charge in [-0.25, -0.2) is 13.4 Å². The molecule has 2 rings (SSSR count). The van der Waals surface area contributed by atoms with Crippen LogP contribution in [0.25, 0.3) is 0 Å². The molecule has 0 unspecified atom stereocenters. The Balaban J connectivity index is 2.47. The van der Waals surface area contributed by atoms with E-state index in [0.29, 0.717) is 17.0 Å². The van der Waals surface area contributed by atoms with Crippen molar-refractivity contribution in [3.05, 3.63) is 65.9 Å². The second-order valence-corrected chi connectivity index (χ2v) is 6.33. The van der Waals surface area contributed by atoms with Gasteiger partial charge in [-0.05, 0) is 30.2 Å². The van der Waals surface area contributed by atoms with Crippen molar-refractivity contribution in [2.45, 2.75) is 6.92 Å². The highest BCUT2D eigenvalue weighted by molar-refractivity contribution is 7.88. The van der Waals surface area contributed by atoms with Crippen molar-refractivity contribution in [3.8, 4) is 0 Å². The van der Waals surface area contributed by atoms with Crippen molar-refractivity contribution in [3.63, 3.8) is 0 Å². The summed E-state index contributed by atoms with van der Waals surface area (Å²) in [5.74, 6) is 0. The molecule has 0 aromatic heterocycles. The Hall–Kier alpha value is -2.14. The van der Waals surface area contributed by atoms with Crippen LogP contribution in [0.15, 0.2) is 65.3 Å². The van der Waals surface area contributed by atoms with Crippen LogP contribution >= 0.6 is 0 Å². The summed E-state index contributed by atoms with van der Waals surface area (Å²) in [5.41, 5.74) is 3.44. The second kappa shape index (κ2) is 5.46. The lowest BCUT2D eigenvalue weighted by Gasteiger charge is -2.15. The molecule has 0 spiro atoms. The van der Waals surface area contributed by atoms with Crippen LogP contribution in [-0.2, 0) is 10.0 Å². The minimum atomic E-state index is -3.36. The number of sulfonamides is 1. The van der Waals surface area contributed by atoms with Crippen LogP contribution in [0.3, 0.4) is 0 Å². The largest absolute Gasteiger partial charge is 0.282 e. The first-order valence-corrected chi connectivity index (χ1v) is 7.96. The second-order valence-electron chi connectivity index (χ2n) is 4.59. The van der Waals surface area contributed by atoms with E-state index in [1.54, 1.807) is 18.2 Å². The third kappa shape index (κ3) is 3.45. The maximum Gasteiger partial charge on any atom is 0.229 e. The topological polar surface area (TPSA) is 58.5 Å². The third-order valence-electron chi connectivity index (χ3n) is 2.76. The van der Waals surface area contributed by atoms with Gasteiger partial charge in [0, 0.05) is 0 Å². The van der Waals surface area contributed by atoms with Crippen molar-refractivity contribution < 1.29 is 8.42 Å². The van der Waals surface area contributed by atoms with E-state index in [0.717, 1.165) is 17.5 Å². The maximum atomic E-state index is 11.4. The number of hydrogen-bond donors (Lipinski definition) is 1. The summed E-state index contributed by atoms with van der Waals surface area (Å²) in [7, 11) is -3.36. The summed E-state index contributed by atoms with van der Waals surface area (Å²) >= 11 is 0. The molecular weight excluding hydrogens is 272 g/mol. The minimum Gasteiger partial charge on any atom is -0.282 e. The van der Waals surface area contributed by atoms with E-state index >= 15 is 0 Å². The van der Waals surface area contributed by atoms with Gasteiger partial charge in [-0.1, -0.05) is 36.9 Å². The molecular formula is C15H16N2O2S. The van der Waals surface area contributed by atoms with Gasteiger partial charge in [0.25, 0.3) is 0 Å². The molecule has 0 saturated carbocycles. The standard InChI is InChI=1S/C15H16N2O2S/c1-11-7-4-5-9-13(11)16-15-12(2)8-6-10-14(15)17-20(3,18)19/h4-10,17H,2H2,1,3H3/b16-15+. The predicted molar refractivity (Wildman–Crippen MR) is 82.6 cm³/mol. The molecule has 0 aliphatic heterocycles. The van der Waals surface area contributed by atoms with Crippen LogP contribution < -0.4 is 4.72 Å². The van der Waals surface area contributed by atoms with E-state index in [9.17, 15) is 8.42 Å². The summed E-state index contributed by atoms with van der Waals surface area (Å²) < 4.78 is 25.3. The first-order valence-electron chi connectivity index (χ1n) is 6.07. The van der Waals surface area contributed by atoms with Gasteiger partial charge in [0.05, 0.1) is 23.4 Å². The third-order valence-corrected chi connectivity index (χ3v) is 3.35. The lowest BCUT2D eigenvalue weighted by Crippen LogP contribution is -2.27. The van der Waals surface area contributed by atoms with Gasteiger partial charge in [-0.2, -0.15) is 0 Å². The molecule has 0 saturated heterocycles. The molecule has 1 aliphatic rings. The average Bonchev–Trinajstić information content (AvgIpc) is 2.34. The molecule has 1 aromatic carbocycles. The minimum absolute atomic E-state index is 0.434. The van der Waals surface area contributed by atoms with Gasteiger partial charge in [-0.15, -0.1) is 0 Å². The zero-order chi connectivity index (χ0) is 14.8. The van der Waals surface area contributed by atoms with Crippen LogP contribution in [0.4, 0.5) is 5.69 Å². The molecule has 0 heterocycles. The Labute approximate surface area is 119 Å². The molecule has 1 aromatic rings. The molecule has 104 valence electrons. The van der Waals surface area contributed by atoms with Gasteiger partial charge in [-0.3, -0.25) is 4.72 Å². The monoisotopic (exact) mass is 288 g/mol. The number of aliphatic imine (C=N–C) groups is 1. The summed E-state index contributed by atoms with van der Waals surface area (Å²) in [6.45, 7) is 5.86. The lowest BCUT2D eigenvalue weighted by atomic mass is 10.0. The van der Waals surface area contributed by atoms with Crippen LogP contribution in [0, 0.1) is 6.92 Å². The first-order chi connectivity index (χ1) is 9.37. The van der Waals surface area contributed by atoms with Crippen molar-refractivity contribution in [1.29, 1.82) is 0 Å². The zero-order valence-electron chi connectivity index (χ0n) is 11.4. The smallest absolute Gasteiger partial charge is 0.229 e. The number of rotatable bonds is 3. The average molecular weight is 288 g/mol. The molecule has 1 aliphatic carbocycles. The lowest BCUT2D eigenvalue weighted by molar-refractivity contribution is 0.596. The van der Waals surface area contributed by atoms with E-state index in [-0.39, 0.29) is 0 Å². The van der Waals surface area contributed by atoms with Crippen LogP contribution in [0.1, 0.15) is 5.56 Å². The van der Waals surface area contributed by atoms with Gasteiger partial charge >= 0.3 is 0 Å². The maximum absolute atomic E-state index is 11.4. The number of para-hydroxylation sites is 1. The Bertz CT molecular complexity index is 741. The van der Waals surface area contributed by atoms with Gasteiger partial charge in [0.1, 0.15) is 0 Å². The van der Waals surface area contributed by atoms with Gasteiger partial charge in [0.2, 0.25) is 10.0 Å². The fraction of sp³-hybridized carbons (Fsp3) is 0.133. The summed E-state index contributed by atoms with van der Waals surface area (Å²) in [6.07, 6.45) is 6.32. The molecule has 0 amide bonds. The zero-order valence-corrected chi connectivity index (χ0v) is 12.2.